The molecule has 0 spiro atoms. The zero-order valence-corrected chi connectivity index (χ0v) is 19.7. The van der Waals surface area contributed by atoms with Crippen LogP contribution in [0.1, 0.15) is 12.6 Å². The molecule has 0 saturated heterocycles. The van der Waals surface area contributed by atoms with Crippen molar-refractivity contribution in [1.29, 1.82) is 0 Å². The average molecular weight is 517 g/mol. The standard InChI is InChI=1S/C23H17BrN8O2/c1-3-14-19(24)18-20(29-14)30-23(34-13-9-17-21(27-10-13)32(2)11-28-17)31-22(18)33-12-4-5-15-16(8-12)26-7-6-25-15/h4-11H,3H2,1-2H3,(H,29,30,31). The number of rotatable bonds is 5. The number of hydrogen-bond acceptors (Lipinski definition) is 8. The number of benzene rings is 1. The third kappa shape index (κ3) is 3.50. The Labute approximate surface area is 201 Å². The second-order valence-electron chi connectivity index (χ2n) is 7.59. The number of nitrogens with zero attached hydrogens (tertiary/aromatic N) is 7. The molecule has 1 N–H and O–H groups in total. The van der Waals surface area contributed by atoms with Crippen molar-refractivity contribution >= 4 is 49.2 Å². The summed E-state index contributed by atoms with van der Waals surface area (Å²) in [6.45, 7) is 2.05. The van der Waals surface area contributed by atoms with Gasteiger partial charge in [-0.1, -0.05) is 6.92 Å². The Bertz CT molecular complexity index is 1690. The van der Waals surface area contributed by atoms with Gasteiger partial charge in [0.2, 0.25) is 5.88 Å². The van der Waals surface area contributed by atoms with Crippen LogP contribution in [0.4, 0.5) is 0 Å². The van der Waals surface area contributed by atoms with Gasteiger partial charge in [-0.15, -0.1) is 0 Å². The highest BCUT2D eigenvalue weighted by Gasteiger charge is 2.19. The van der Waals surface area contributed by atoms with Gasteiger partial charge in [0.15, 0.2) is 11.4 Å². The van der Waals surface area contributed by atoms with Crippen LogP contribution in [0.2, 0.25) is 0 Å². The van der Waals surface area contributed by atoms with Gasteiger partial charge >= 0.3 is 6.01 Å². The monoisotopic (exact) mass is 516 g/mol. The summed E-state index contributed by atoms with van der Waals surface area (Å²) in [6, 6.07) is 7.41. The van der Waals surface area contributed by atoms with Gasteiger partial charge in [-0.2, -0.15) is 9.97 Å². The van der Waals surface area contributed by atoms with Crippen LogP contribution in [0.15, 0.2) is 53.7 Å². The lowest BCUT2D eigenvalue weighted by molar-refractivity contribution is 0.416. The van der Waals surface area contributed by atoms with Gasteiger partial charge in [0.25, 0.3) is 0 Å². The van der Waals surface area contributed by atoms with Gasteiger partial charge in [-0.05, 0) is 34.5 Å². The fourth-order valence-corrected chi connectivity index (χ4v) is 4.43. The molecule has 0 aliphatic rings. The lowest BCUT2D eigenvalue weighted by atomic mass is 10.3. The largest absolute Gasteiger partial charge is 0.438 e. The number of fused-ring (bicyclic) bond motifs is 3. The van der Waals surface area contributed by atoms with Crippen LogP contribution in [0.25, 0.3) is 33.2 Å². The van der Waals surface area contributed by atoms with Crippen LogP contribution in [0.5, 0.6) is 23.4 Å². The van der Waals surface area contributed by atoms with E-state index >= 15 is 0 Å². The number of ether oxygens (including phenoxy) is 2. The van der Waals surface area contributed by atoms with E-state index in [2.05, 4.69) is 57.7 Å². The lowest BCUT2D eigenvalue weighted by Gasteiger charge is -2.09. The van der Waals surface area contributed by atoms with Crippen molar-refractivity contribution in [2.24, 2.45) is 7.05 Å². The topological polar surface area (TPSA) is 117 Å². The molecule has 0 atom stereocenters. The van der Waals surface area contributed by atoms with Crippen molar-refractivity contribution < 1.29 is 9.47 Å². The highest BCUT2D eigenvalue weighted by molar-refractivity contribution is 9.10. The number of aromatic nitrogens is 8. The van der Waals surface area contributed by atoms with Crippen molar-refractivity contribution in [2.45, 2.75) is 13.3 Å². The minimum absolute atomic E-state index is 0.122. The molecule has 0 unspecified atom stereocenters. The summed E-state index contributed by atoms with van der Waals surface area (Å²) in [5.74, 6) is 1.39. The summed E-state index contributed by atoms with van der Waals surface area (Å²) in [5, 5.41) is 0.724. The number of aryl methyl sites for hydroxylation is 2. The number of pyridine rings is 1. The minimum atomic E-state index is 0.122. The van der Waals surface area contributed by atoms with Crippen molar-refractivity contribution in [2.75, 3.05) is 0 Å². The van der Waals surface area contributed by atoms with Gasteiger partial charge < -0.3 is 19.0 Å². The molecule has 0 amide bonds. The molecule has 1 aromatic carbocycles. The molecule has 6 aromatic rings. The Kier molecular flexibility index (Phi) is 4.84. The van der Waals surface area contributed by atoms with Crippen LogP contribution >= 0.6 is 15.9 Å². The first-order chi connectivity index (χ1) is 16.6. The van der Waals surface area contributed by atoms with E-state index in [0.29, 0.717) is 28.5 Å². The highest BCUT2D eigenvalue weighted by Crippen LogP contribution is 2.37. The summed E-state index contributed by atoms with van der Waals surface area (Å²) in [4.78, 5) is 29.8. The summed E-state index contributed by atoms with van der Waals surface area (Å²) in [6.07, 6.45) is 7.39. The third-order valence-electron chi connectivity index (χ3n) is 5.35. The molecule has 0 fully saturated rings. The number of halogens is 1. The quantitative estimate of drug-likeness (QED) is 0.336. The molecule has 11 heteroatoms. The molecule has 5 aromatic heterocycles. The van der Waals surface area contributed by atoms with Crippen LogP contribution in [0, 0.1) is 0 Å². The maximum Gasteiger partial charge on any atom is 0.327 e. The zero-order chi connectivity index (χ0) is 23.2. The van der Waals surface area contributed by atoms with E-state index in [-0.39, 0.29) is 6.01 Å². The molecule has 168 valence electrons. The molecule has 0 bridgehead atoms. The van der Waals surface area contributed by atoms with Crippen molar-refractivity contribution in [3.63, 3.8) is 0 Å². The predicted octanol–water partition coefficient (Wildman–Crippen LogP) is 5.09. The van der Waals surface area contributed by atoms with Crippen LogP contribution < -0.4 is 9.47 Å². The first kappa shape index (κ1) is 20.5. The lowest BCUT2D eigenvalue weighted by Crippen LogP contribution is -1.97. The minimum Gasteiger partial charge on any atom is -0.438 e. The Balaban J connectivity index is 1.43. The van der Waals surface area contributed by atoms with Gasteiger partial charge in [0.1, 0.15) is 16.9 Å². The fourth-order valence-electron chi connectivity index (χ4n) is 3.70. The van der Waals surface area contributed by atoms with Crippen LogP contribution in [-0.4, -0.2) is 39.5 Å². The normalized spacial score (nSPS) is 11.5. The summed E-state index contributed by atoms with van der Waals surface area (Å²) in [7, 11) is 1.89. The Morgan fingerprint density at radius 3 is 2.62 bits per heavy atom. The molecular formula is C23H17BrN8O2. The number of H-pyrrole nitrogens is 1. The fraction of sp³-hybridized carbons (Fsp3) is 0.130. The third-order valence-corrected chi connectivity index (χ3v) is 6.23. The van der Waals surface area contributed by atoms with Gasteiger partial charge in [0, 0.05) is 37.3 Å². The van der Waals surface area contributed by atoms with E-state index in [4.69, 9.17) is 9.47 Å². The van der Waals surface area contributed by atoms with Crippen molar-refractivity contribution in [3.05, 3.63) is 59.3 Å². The zero-order valence-electron chi connectivity index (χ0n) is 18.2. The second kappa shape index (κ2) is 8.03. The van der Waals surface area contributed by atoms with Gasteiger partial charge in [-0.25, -0.2) is 9.97 Å². The molecule has 0 saturated carbocycles. The van der Waals surface area contributed by atoms with Crippen molar-refractivity contribution in [1.82, 2.24) is 39.5 Å². The summed E-state index contributed by atoms with van der Waals surface area (Å²) in [5.41, 5.74) is 4.54. The number of nitrogens with one attached hydrogen (secondary N) is 1. The Morgan fingerprint density at radius 1 is 0.941 bits per heavy atom. The maximum atomic E-state index is 6.21. The SMILES string of the molecule is CCc1[nH]c2nc(Oc3cnc4c(c3)ncn4C)nc(Oc3ccc4nccnc4c3)c2c1Br. The Hall–Kier alpha value is -4.12. The highest BCUT2D eigenvalue weighted by atomic mass is 79.9. The molecule has 34 heavy (non-hydrogen) atoms. The van der Waals surface area contributed by atoms with Gasteiger partial charge in [-0.3, -0.25) is 9.97 Å². The summed E-state index contributed by atoms with van der Waals surface area (Å²) >= 11 is 3.66. The second-order valence-corrected chi connectivity index (χ2v) is 8.38. The van der Waals surface area contributed by atoms with E-state index < -0.39 is 0 Å². The van der Waals surface area contributed by atoms with Crippen molar-refractivity contribution in [3.8, 4) is 23.4 Å². The average Bonchev–Trinajstić information content (AvgIpc) is 3.38. The van der Waals surface area contributed by atoms with Gasteiger partial charge in [0.05, 0.1) is 33.4 Å². The number of imidazole rings is 1. The molecule has 6 rings (SSSR count). The van der Waals surface area contributed by atoms with E-state index in [1.807, 2.05) is 29.8 Å². The molecule has 10 nitrogen and oxygen atoms in total. The smallest absolute Gasteiger partial charge is 0.327 e. The molecule has 0 radical (unpaired) electrons. The van der Waals surface area contributed by atoms with E-state index in [0.717, 1.165) is 38.7 Å². The molecule has 0 aliphatic carbocycles. The van der Waals surface area contributed by atoms with Crippen LogP contribution in [0.3, 0.4) is 0 Å². The van der Waals surface area contributed by atoms with Crippen LogP contribution in [-0.2, 0) is 13.5 Å². The Morgan fingerprint density at radius 2 is 1.76 bits per heavy atom. The summed E-state index contributed by atoms with van der Waals surface area (Å²) < 4.78 is 14.9. The predicted molar refractivity (Wildman–Crippen MR) is 129 cm³/mol. The maximum absolute atomic E-state index is 6.21. The molecular weight excluding hydrogens is 500 g/mol. The molecule has 5 heterocycles. The van der Waals surface area contributed by atoms with E-state index in [1.165, 1.54) is 0 Å². The van der Waals surface area contributed by atoms with E-state index in [1.54, 1.807) is 31.0 Å². The first-order valence-electron chi connectivity index (χ1n) is 10.5. The number of hydrogen-bond donors (Lipinski definition) is 1. The number of aromatic amines is 1. The molecule has 0 aliphatic heterocycles. The van der Waals surface area contributed by atoms with E-state index in [9.17, 15) is 0 Å². The first-order valence-corrected chi connectivity index (χ1v) is 11.3.